The van der Waals surface area contributed by atoms with Crippen LogP contribution in [0.4, 0.5) is 0 Å². The van der Waals surface area contributed by atoms with Crippen molar-refractivity contribution in [3.63, 3.8) is 0 Å². The summed E-state index contributed by atoms with van der Waals surface area (Å²) in [5.41, 5.74) is 0. The first-order valence-electron chi connectivity index (χ1n) is 1.41. The van der Waals surface area contributed by atoms with Gasteiger partial charge in [-0.2, -0.15) is 13.8 Å². The zero-order chi connectivity index (χ0) is 4.00. The van der Waals surface area contributed by atoms with Crippen LogP contribution >= 0.6 is 0 Å². The van der Waals surface area contributed by atoms with Crippen LogP contribution < -0.4 is 0 Å². The smallest absolute Gasteiger partial charge is 0.412 e. The van der Waals surface area contributed by atoms with Gasteiger partial charge in [-0.15, -0.1) is 0 Å². The second kappa shape index (κ2) is 345. The van der Waals surface area contributed by atoms with Gasteiger partial charge in [0, 0.05) is 0 Å². The number of hydrogen-bond acceptors (Lipinski definition) is 0. The van der Waals surface area contributed by atoms with E-state index in [-0.39, 0.29) is 25.0 Å². The molecule has 0 fully saturated rings. The fourth-order valence-electron chi connectivity index (χ4n) is 0. The molecule has 0 saturated carbocycles. The standard InChI is InChI=1S/2C2H5.H2O.Zn/c2*1-2;;/h2*1H2,2H3;1H2;/q2*-1;;+2. The van der Waals surface area contributed by atoms with Crippen molar-refractivity contribution in [2.24, 2.45) is 0 Å². The van der Waals surface area contributed by atoms with Crippen LogP contribution in [0, 0.1) is 13.8 Å². The molecule has 2 heteroatoms. The van der Waals surface area contributed by atoms with E-state index < -0.39 is 0 Å². The molecule has 0 radical (unpaired) electrons. The Balaban J connectivity index is -0.00000000500. The van der Waals surface area contributed by atoms with E-state index in [0.29, 0.717) is 0 Å². The van der Waals surface area contributed by atoms with Crippen molar-refractivity contribution in [3.8, 4) is 0 Å². The van der Waals surface area contributed by atoms with Crippen LogP contribution in [-0.2, 0) is 19.5 Å². The SMILES string of the molecule is O.[CH2-]C.[CH2-]C.[Zn+2]. The molecule has 0 aliphatic carbocycles. The van der Waals surface area contributed by atoms with Gasteiger partial charge in [-0.3, -0.25) is 0 Å². The zero-order valence-electron chi connectivity index (χ0n) is 4.62. The third kappa shape index (κ3) is 173. The predicted molar refractivity (Wildman–Crippen MR) is 25.7 cm³/mol. The Morgan fingerprint density at radius 1 is 0.833 bits per heavy atom. The summed E-state index contributed by atoms with van der Waals surface area (Å²) in [5, 5.41) is 0. The fourth-order valence-corrected chi connectivity index (χ4v) is 0. The van der Waals surface area contributed by atoms with Gasteiger partial charge in [-0.05, 0) is 0 Å². The van der Waals surface area contributed by atoms with E-state index in [9.17, 15) is 0 Å². The quantitative estimate of drug-likeness (QED) is 0.354. The summed E-state index contributed by atoms with van der Waals surface area (Å²) in [7, 11) is 0. The third-order valence-electron chi connectivity index (χ3n) is 0. The molecule has 0 aliphatic heterocycles. The first-order valence-corrected chi connectivity index (χ1v) is 1.41. The van der Waals surface area contributed by atoms with E-state index >= 15 is 0 Å². The van der Waals surface area contributed by atoms with Crippen LogP contribution in [-0.4, -0.2) is 5.48 Å². The zero-order valence-corrected chi connectivity index (χ0v) is 7.59. The Morgan fingerprint density at radius 3 is 0.833 bits per heavy atom. The average Bonchev–Trinajstić information content (AvgIpc) is 1.50. The normalized spacial score (nSPS) is 2.00. The van der Waals surface area contributed by atoms with E-state index in [1.165, 1.54) is 0 Å². The maximum atomic E-state index is 3.25. The summed E-state index contributed by atoms with van der Waals surface area (Å²) in [4.78, 5) is 0. The fraction of sp³-hybridized carbons (Fsp3) is 0.500. The molecule has 0 aromatic rings. The molecule has 0 saturated heterocycles. The van der Waals surface area contributed by atoms with Gasteiger partial charge in [-0.25, -0.2) is 0 Å². The van der Waals surface area contributed by atoms with Gasteiger partial charge in [0.25, 0.3) is 0 Å². The molecule has 0 amide bonds. The minimum absolute atomic E-state index is 0. The monoisotopic (exact) mass is 140 g/mol. The molecule has 0 atom stereocenters. The summed E-state index contributed by atoms with van der Waals surface area (Å²) in [6.45, 7) is 10.0. The second-order valence-corrected chi connectivity index (χ2v) is 0. The molecule has 0 aliphatic rings. The maximum absolute atomic E-state index is 3.25. The van der Waals surface area contributed by atoms with Gasteiger partial charge < -0.3 is 19.3 Å². The van der Waals surface area contributed by atoms with Crippen molar-refractivity contribution < 1.29 is 25.0 Å². The number of rotatable bonds is 0. The Morgan fingerprint density at radius 2 is 0.833 bits per heavy atom. The molecule has 36 valence electrons. The molecule has 0 aromatic heterocycles. The predicted octanol–water partition coefficient (Wildman–Crippen LogP) is 0.854. The van der Waals surface area contributed by atoms with E-state index in [2.05, 4.69) is 13.8 Å². The molecule has 0 heterocycles. The van der Waals surface area contributed by atoms with Crippen LogP contribution in [0.15, 0.2) is 0 Å². The maximum Gasteiger partial charge on any atom is 2.00 e. The molecule has 0 rings (SSSR count). The molecule has 1 nitrogen and oxygen atoms in total. The van der Waals surface area contributed by atoms with Crippen molar-refractivity contribution in [1.29, 1.82) is 0 Å². The summed E-state index contributed by atoms with van der Waals surface area (Å²) in [6, 6.07) is 0. The Labute approximate surface area is 53.2 Å². The Hall–Kier alpha value is 0.583. The third-order valence-corrected chi connectivity index (χ3v) is 0. The summed E-state index contributed by atoms with van der Waals surface area (Å²) in [5.74, 6) is 0. The molecule has 0 unspecified atom stereocenters. The average molecular weight is 142 g/mol. The first-order chi connectivity index (χ1) is 2.00. The molecular formula is C4H12OZn. The van der Waals surface area contributed by atoms with Gasteiger partial charge >= 0.3 is 19.5 Å². The number of hydrogen-bond donors (Lipinski definition) is 0. The van der Waals surface area contributed by atoms with Gasteiger partial charge in [0.15, 0.2) is 0 Å². The molecule has 2 N–H and O–H groups in total. The van der Waals surface area contributed by atoms with Gasteiger partial charge in [0.2, 0.25) is 0 Å². The molecule has 0 aromatic carbocycles. The Bertz CT molecular complexity index is 7.51. The van der Waals surface area contributed by atoms with Crippen LogP contribution in [0.5, 0.6) is 0 Å². The summed E-state index contributed by atoms with van der Waals surface area (Å²) < 4.78 is 0. The van der Waals surface area contributed by atoms with Crippen LogP contribution in [0.25, 0.3) is 0 Å². The van der Waals surface area contributed by atoms with Gasteiger partial charge in [-0.1, -0.05) is 0 Å². The van der Waals surface area contributed by atoms with Crippen LogP contribution in [0.3, 0.4) is 0 Å². The second-order valence-electron chi connectivity index (χ2n) is 0. The van der Waals surface area contributed by atoms with Gasteiger partial charge in [0.1, 0.15) is 0 Å². The van der Waals surface area contributed by atoms with E-state index in [0.717, 1.165) is 0 Å². The molecule has 0 spiro atoms. The largest absolute Gasteiger partial charge is 2.00 e. The van der Waals surface area contributed by atoms with Crippen molar-refractivity contribution in [1.82, 2.24) is 0 Å². The summed E-state index contributed by atoms with van der Waals surface area (Å²) in [6.07, 6.45) is 0. The van der Waals surface area contributed by atoms with Crippen molar-refractivity contribution >= 4 is 0 Å². The topological polar surface area (TPSA) is 31.5 Å². The van der Waals surface area contributed by atoms with E-state index in [1.807, 2.05) is 0 Å². The first kappa shape index (κ1) is 30.8. The Kier molecular flexibility index (Phi) is 1770. The molecule has 0 bridgehead atoms. The molecule has 6 heavy (non-hydrogen) atoms. The van der Waals surface area contributed by atoms with Crippen LogP contribution in [0.1, 0.15) is 13.8 Å². The van der Waals surface area contributed by atoms with E-state index in [4.69, 9.17) is 0 Å². The van der Waals surface area contributed by atoms with Crippen molar-refractivity contribution in [2.45, 2.75) is 13.8 Å². The minimum atomic E-state index is 0. The van der Waals surface area contributed by atoms with Gasteiger partial charge in [0.05, 0.1) is 0 Å². The van der Waals surface area contributed by atoms with Crippen molar-refractivity contribution in [3.05, 3.63) is 13.8 Å². The van der Waals surface area contributed by atoms with E-state index in [1.54, 1.807) is 13.8 Å². The summed E-state index contributed by atoms with van der Waals surface area (Å²) >= 11 is 0. The molecular weight excluding hydrogens is 129 g/mol. The van der Waals surface area contributed by atoms with Crippen LogP contribution in [0.2, 0.25) is 0 Å². The van der Waals surface area contributed by atoms with Crippen molar-refractivity contribution in [2.75, 3.05) is 0 Å². The minimum Gasteiger partial charge on any atom is -0.412 e.